The Hall–Kier alpha value is -0.580. The number of aliphatic imine (C=N–C) groups is 1. The van der Waals surface area contributed by atoms with Crippen LogP contribution in [0.25, 0.3) is 0 Å². The molecule has 0 aliphatic rings. The number of halogens is 2. The fourth-order valence-electron chi connectivity index (χ4n) is 1.81. The highest BCUT2D eigenvalue weighted by molar-refractivity contribution is 14.0. The Kier molecular flexibility index (Phi) is 11.6. The van der Waals surface area contributed by atoms with Crippen molar-refractivity contribution in [3.63, 3.8) is 0 Å². The fourth-order valence-corrected chi connectivity index (χ4v) is 2.43. The second-order valence-corrected chi connectivity index (χ2v) is 7.86. The smallest absolute Gasteiger partial charge is 0.191 e. The van der Waals surface area contributed by atoms with Crippen molar-refractivity contribution < 1.29 is 13.2 Å². The summed E-state index contributed by atoms with van der Waals surface area (Å²) in [6, 6.07) is 7.68. The molecule has 0 spiro atoms. The van der Waals surface area contributed by atoms with Crippen molar-refractivity contribution in [1.29, 1.82) is 0 Å². The lowest BCUT2D eigenvalue weighted by atomic mass is 10.1. The minimum Gasteiger partial charge on any atom is -0.379 e. The van der Waals surface area contributed by atoms with E-state index in [1.807, 2.05) is 31.2 Å². The van der Waals surface area contributed by atoms with E-state index in [1.165, 1.54) is 6.26 Å². The van der Waals surface area contributed by atoms with Crippen LogP contribution in [-0.2, 0) is 14.6 Å². The van der Waals surface area contributed by atoms with Crippen LogP contribution in [0.5, 0.6) is 0 Å². The molecule has 9 heteroatoms. The molecule has 1 aromatic rings. The zero-order valence-corrected chi connectivity index (χ0v) is 18.0. The fraction of sp³-hybridized carbons (Fsp3) is 0.533. The van der Waals surface area contributed by atoms with Gasteiger partial charge in [0, 0.05) is 24.9 Å². The molecule has 2 N–H and O–H groups in total. The van der Waals surface area contributed by atoms with Crippen molar-refractivity contribution in [3.05, 3.63) is 34.9 Å². The highest BCUT2D eigenvalue weighted by Crippen LogP contribution is 2.16. The van der Waals surface area contributed by atoms with Gasteiger partial charge in [0.15, 0.2) is 5.96 Å². The number of nitrogens with zero attached hydrogens (tertiary/aromatic N) is 1. The van der Waals surface area contributed by atoms with Gasteiger partial charge in [0.05, 0.1) is 25.0 Å². The molecule has 0 saturated carbocycles. The van der Waals surface area contributed by atoms with Gasteiger partial charge in [-0.1, -0.05) is 23.7 Å². The van der Waals surface area contributed by atoms with Gasteiger partial charge in [0.1, 0.15) is 9.84 Å². The number of guanidine groups is 1. The van der Waals surface area contributed by atoms with Crippen LogP contribution in [0.15, 0.2) is 29.3 Å². The quantitative estimate of drug-likeness (QED) is 0.253. The largest absolute Gasteiger partial charge is 0.379 e. The molecule has 0 fully saturated rings. The summed E-state index contributed by atoms with van der Waals surface area (Å²) in [7, 11) is -1.29. The third kappa shape index (κ3) is 10.3. The second kappa shape index (κ2) is 11.9. The van der Waals surface area contributed by atoms with Gasteiger partial charge in [-0.15, -0.1) is 24.0 Å². The molecule has 0 amide bonds. The molecule has 138 valence electrons. The molecule has 1 rings (SSSR count). The van der Waals surface area contributed by atoms with Crippen molar-refractivity contribution in [3.8, 4) is 0 Å². The first-order valence-electron chi connectivity index (χ1n) is 7.30. The van der Waals surface area contributed by atoms with Crippen LogP contribution in [0.4, 0.5) is 0 Å². The molecule has 0 saturated heterocycles. The van der Waals surface area contributed by atoms with Crippen molar-refractivity contribution in [2.24, 2.45) is 4.99 Å². The average Bonchev–Trinajstić information content (AvgIpc) is 2.48. The number of rotatable bonds is 8. The lowest BCUT2D eigenvalue weighted by molar-refractivity contribution is 0.154. The van der Waals surface area contributed by atoms with Gasteiger partial charge in [-0.2, -0.15) is 0 Å². The summed E-state index contributed by atoms with van der Waals surface area (Å²) < 4.78 is 27.2. The molecule has 1 aromatic carbocycles. The predicted molar refractivity (Wildman–Crippen MR) is 110 cm³/mol. The maximum absolute atomic E-state index is 11.0. The molecule has 0 heterocycles. The summed E-state index contributed by atoms with van der Waals surface area (Å²) in [6.07, 6.45) is 1.19. The Morgan fingerprint density at radius 2 is 2.08 bits per heavy atom. The molecule has 24 heavy (non-hydrogen) atoms. The van der Waals surface area contributed by atoms with E-state index < -0.39 is 9.84 Å². The summed E-state index contributed by atoms with van der Waals surface area (Å²) in [4.78, 5) is 4.14. The summed E-state index contributed by atoms with van der Waals surface area (Å²) >= 11 is 5.99. The summed E-state index contributed by atoms with van der Waals surface area (Å²) in [5.41, 5.74) is 1.06. The summed E-state index contributed by atoms with van der Waals surface area (Å²) in [6.45, 7) is 3.15. The molecular weight excluding hydrogens is 465 g/mol. The van der Waals surface area contributed by atoms with Gasteiger partial charge in [-0.05, 0) is 24.6 Å². The lowest BCUT2D eigenvalue weighted by Crippen LogP contribution is -2.40. The molecule has 0 aliphatic carbocycles. The van der Waals surface area contributed by atoms with Crippen LogP contribution < -0.4 is 10.6 Å². The third-order valence-electron chi connectivity index (χ3n) is 3.06. The molecular formula is C15H25ClIN3O3S. The Balaban J connectivity index is 0.00000529. The van der Waals surface area contributed by atoms with E-state index in [4.69, 9.17) is 16.3 Å². The average molecular weight is 490 g/mol. The zero-order chi connectivity index (χ0) is 17.3. The minimum atomic E-state index is -2.97. The maximum Gasteiger partial charge on any atom is 0.191 e. The van der Waals surface area contributed by atoms with E-state index >= 15 is 0 Å². The molecule has 0 aliphatic heterocycles. The van der Waals surface area contributed by atoms with Crippen LogP contribution in [0.3, 0.4) is 0 Å². The SMILES string of the molecule is CN=C(NCCOCCS(C)(=O)=O)NC(C)c1cccc(Cl)c1.I. The third-order valence-corrected chi connectivity index (χ3v) is 4.21. The Morgan fingerprint density at radius 1 is 1.38 bits per heavy atom. The monoisotopic (exact) mass is 489 g/mol. The molecule has 0 bridgehead atoms. The molecule has 1 unspecified atom stereocenters. The van der Waals surface area contributed by atoms with E-state index in [-0.39, 0.29) is 42.4 Å². The first-order chi connectivity index (χ1) is 10.8. The Labute approximate surface area is 166 Å². The normalized spacial score (nSPS) is 13.1. The van der Waals surface area contributed by atoms with Gasteiger partial charge in [0.25, 0.3) is 0 Å². The second-order valence-electron chi connectivity index (χ2n) is 5.16. The number of hydrogen-bond donors (Lipinski definition) is 2. The van der Waals surface area contributed by atoms with Crippen LogP contribution in [-0.4, -0.2) is 53.2 Å². The van der Waals surface area contributed by atoms with Gasteiger partial charge in [0.2, 0.25) is 0 Å². The standard InChI is InChI=1S/C15H24ClN3O3S.HI/c1-12(13-5-4-6-14(16)11-13)19-15(17-2)18-7-8-22-9-10-23(3,20)21;/h4-6,11-12H,7-10H2,1-3H3,(H2,17,18,19);1H. The molecule has 1 atom stereocenters. The van der Waals surface area contributed by atoms with Gasteiger partial charge >= 0.3 is 0 Å². The van der Waals surface area contributed by atoms with E-state index in [0.717, 1.165) is 5.56 Å². The van der Waals surface area contributed by atoms with E-state index in [2.05, 4.69) is 15.6 Å². The van der Waals surface area contributed by atoms with E-state index in [1.54, 1.807) is 7.05 Å². The van der Waals surface area contributed by atoms with E-state index in [0.29, 0.717) is 24.1 Å². The first-order valence-corrected chi connectivity index (χ1v) is 9.74. The topological polar surface area (TPSA) is 79.8 Å². The first kappa shape index (κ1) is 23.4. The lowest BCUT2D eigenvalue weighted by Gasteiger charge is -2.18. The van der Waals surface area contributed by atoms with Crippen molar-refractivity contribution in [2.45, 2.75) is 13.0 Å². The van der Waals surface area contributed by atoms with Gasteiger partial charge in [-0.25, -0.2) is 8.42 Å². The summed E-state index contributed by atoms with van der Waals surface area (Å²) in [5.74, 6) is 0.676. The minimum absolute atomic E-state index is 0. The van der Waals surface area contributed by atoms with Crippen LogP contribution in [0.2, 0.25) is 5.02 Å². The molecule has 0 aromatic heterocycles. The van der Waals surface area contributed by atoms with Crippen molar-refractivity contribution >= 4 is 51.4 Å². The number of hydrogen-bond acceptors (Lipinski definition) is 4. The number of nitrogens with one attached hydrogen (secondary N) is 2. The van der Waals surface area contributed by atoms with Crippen LogP contribution in [0, 0.1) is 0 Å². The van der Waals surface area contributed by atoms with Crippen molar-refractivity contribution in [2.75, 3.05) is 38.8 Å². The van der Waals surface area contributed by atoms with Gasteiger partial charge < -0.3 is 15.4 Å². The van der Waals surface area contributed by atoms with Gasteiger partial charge in [-0.3, -0.25) is 4.99 Å². The zero-order valence-electron chi connectivity index (χ0n) is 14.1. The Bertz CT molecular complexity index is 626. The predicted octanol–water partition coefficient (Wildman–Crippen LogP) is 2.25. The number of ether oxygens (including phenoxy) is 1. The molecule has 0 radical (unpaired) electrons. The number of benzene rings is 1. The van der Waals surface area contributed by atoms with E-state index in [9.17, 15) is 8.42 Å². The summed E-state index contributed by atoms with van der Waals surface area (Å²) in [5, 5.41) is 7.06. The highest BCUT2D eigenvalue weighted by Gasteiger charge is 2.08. The van der Waals surface area contributed by atoms with Crippen molar-refractivity contribution in [1.82, 2.24) is 10.6 Å². The van der Waals surface area contributed by atoms with Crippen LogP contribution >= 0.6 is 35.6 Å². The van der Waals surface area contributed by atoms with Crippen LogP contribution in [0.1, 0.15) is 18.5 Å². The molecule has 6 nitrogen and oxygen atoms in total. The number of sulfone groups is 1. The Morgan fingerprint density at radius 3 is 2.67 bits per heavy atom. The highest BCUT2D eigenvalue weighted by atomic mass is 127. The maximum atomic E-state index is 11.0.